The summed E-state index contributed by atoms with van der Waals surface area (Å²) in [5.41, 5.74) is 7.33. The minimum absolute atomic E-state index is 0.0424. The van der Waals surface area contributed by atoms with Crippen LogP contribution in [0.2, 0.25) is 0 Å². The maximum atomic E-state index is 12.4. The van der Waals surface area contributed by atoms with E-state index in [9.17, 15) is 9.59 Å². The summed E-state index contributed by atoms with van der Waals surface area (Å²) in [4.78, 5) is 26.1. The highest BCUT2D eigenvalue weighted by Crippen LogP contribution is 2.40. The summed E-state index contributed by atoms with van der Waals surface area (Å²) in [6, 6.07) is 7.99. The highest BCUT2D eigenvalue weighted by atomic mass is 32.2. The number of hydrogen-bond donors (Lipinski definition) is 2. The third kappa shape index (κ3) is 5.09. The van der Waals surface area contributed by atoms with Gasteiger partial charge in [0, 0.05) is 30.4 Å². The first-order chi connectivity index (χ1) is 14.1. The number of thioether (sulfide) groups is 1. The number of benzene rings is 1. The van der Waals surface area contributed by atoms with E-state index in [0.29, 0.717) is 11.1 Å². The van der Waals surface area contributed by atoms with Crippen LogP contribution in [0.4, 0.5) is 11.4 Å². The Morgan fingerprint density at radius 3 is 2.48 bits per heavy atom. The average Bonchev–Trinajstić information content (AvgIpc) is 3.49. The zero-order valence-corrected chi connectivity index (χ0v) is 17.2. The van der Waals surface area contributed by atoms with Gasteiger partial charge in [0.05, 0.1) is 5.75 Å². The van der Waals surface area contributed by atoms with Crippen LogP contribution in [0.1, 0.15) is 43.8 Å². The fourth-order valence-corrected chi connectivity index (χ4v) is 4.33. The largest absolute Gasteiger partial charge is 0.372 e. The van der Waals surface area contributed by atoms with Crippen LogP contribution in [0, 0.1) is 0 Å². The van der Waals surface area contributed by atoms with Crippen molar-refractivity contribution in [1.82, 2.24) is 14.8 Å². The van der Waals surface area contributed by atoms with Crippen LogP contribution in [0.3, 0.4) is 0 Å². The van der Waals surface area contributed by atoms with Crippen molar-refractivity contribution < 1.29 is 9.59 Å². The van der Waals surface area contributed by atoms with Gasteiger partial charge in [0.25, 0.3) is 0 Å². The predicted octanol–water partition coefficient (Wildman–Crippen LogP) is 2.36. The van der Waals surface area contributed by atoms with E-state index in [4.69, 9.17) is 5.73 Å². The molecule has 1 aliphatic heterocycles. The summed E-state index contributed by atoms with van der Waals surface area (Å²) >= 11 is 1.27. The predicted molar refractivity (Wildman–Crippen MR) is 113 cm³/mol. The van der Waals surface area contributed by atoms with Gasteiger partial charge >= 0.3 is 0 Å². The molecule has 2 fully saturated rings. The summed E-state index contributed by atoms with van der Waals surface area (Å²) in [5, 5.41) is 11.8. The summed E-state index contributed by atoms with van der Waals surface area (Å²) in [6.45, 7) is 2.23. The monoisotopic (exact) mass is 414 g/mol. The molecule has 1 saturated carbocycles. The lowest BCUT2D eigenvalue weighted by Gasteiger charge is -2.28. The summed E-state index contributed by atoms with van der Waals surface area (Å²) in [7, 11) is 0. The van der Waals surface area contributed by atoms with Crippen molar-refractivity contribution in [2.75, 3.05) is 29.1 Å². The Bertz CT molecular complexity index is 872. The van der Waals surface area contributed by atoms with Crippen LogP contribution in [0.15, 0.2) is 29.4 Å². The molecule has 29 heavy (non-hydrogen) atoms. The SMILES string of the molecule is NC(=O)Cn1c(SCC(=O)Nc2ccc(N3CCCCC3)cc2)nnc1C1CC1. The summed E-state index contributed by atoms with van der Waals surface area (Å²) in [6.07, 6.45) is 5.87. The zero-order chi connectivity index (χ0) is 20.2. The Morgan fingerprint density at radius 1 is 1.10 bits per heavy atom. The molecular formula is C20H26N6O2S. The van der Waals surface area contributed by atoms with E-state index in [-0.39, 0.29) is 18.2 Å². The second kappa shape index (κ2) is 8.86. The fraction of sp³-hybridized carbons (Fsp3) is 0.500. The molecule has 4 rings (SSSR count). The van der Waals surface area contributed by atoms with Gasteiger partial charge in [-0.25, -0.2) is 0 Å². The van der Waals surface area contributed by atoms with Gasteiger partial charge in [0.2, 0.25) is 11.8 Å². The van der Waals surface area contributed by atoms with Gasteiger partial charge < -0.3 is 16.0 Å². The van der Waals surface area contributed by atoms with Gasteiger partial charge in [0.15, 0.2) is 5.16 Å². The van der Waals surface area contributed by atoms with Crippen molar-refractivity contribution in [3.8, 4) is 0 Å². The summed E-state index contributed by atoms with van der Waals surface area (Å²) in [5.74, 6) is 0.771. The van der Waals surface area contributed by atoms with Crippen molar-refractivity contribution in [1.29, 1.82) is 0 Å². The number of primary amides is 1. The molecule has 2 aliphatic rings. The van der Waals surface area contributed by atoms with E-state index in [2.05, 4.69) is 32.5 Å². The van der Waals surface area contributed by atoms with Gasteiger partial charge in [-0.15, -0.1) is 10.2 Å². The van der Waals surface area contributed by atoms with Crippen LogP contribution < -0.4 is 16.0 Å². The first kappa shape index (κ1) is 19.8. The quantitative estimate of drug-likeness (QED) is 0.643. The molecule has 1 saturated heterocycles. The molecule has 154 valence electrons. The molecule has 2 heterocycles. The van der Waals surface area contributed by atoms with Gasteiger partial charge in [-0.2, -0.15) is 0 Å². The first-order valence-electron chi connectivity index (χ1n) is 10.1. The maximum Gasteiger partial charge on any atom is 0.237 e. The van der Waals surface area contributed by atoms with Crippen molar-refractivity contribution in [2.24, 2.45) is 5.73 Å². The van der Waals surface area contributed by atoms with E-state index >= 15 is 0 Å². The molecule has 0 radical (unpaired) electrons. The van der Waals surface area contributed by atoms with E-state index < -0.39 is 5.91 Å². The summed E-state index contributed by atoms with van der Waals surface area (Å²) < 4.78 is 1.74. The fourth-order valence-electron chi connectivity index (χ4n) is 3.59. The van der Waals surface area contributed by atoms with Crippen molar-refractivity contribution in [3.63, 3.8) is 0 Å². The number of amides is 2. The molecule has 0 unspecified atom stereocenters. The lowest BCUT2D eigenvalue weighted by Crippen LogP contribution is -2.29. The lowest BCUT2D eigenvalue weighted by atomic mass is 10.1. The van der Waals surface area contributed by atoms with E-state index in [1.807, 2.05) is 12.1 Å². The number of piperidine rings is 1. The molecule has 9 heteroatoms. The number of nitrogens with zero attached hydrogens (tertiary/aromatic N) is 4. The molecule has 1 aromatic heterocycles. The molecule has 2 aromatic rings. The number of hydrogen-bond acceptors (Lipinski definition) is 6. The molecule has 0 atom stereocenters. The molecule has 8 nitrogen and oxygen atoms in total. The van der Waals surface area contributed by atoms with Crippen LogP contribution in [0.25, 0.3) is 0 Å². The molecule has 0 spiro atoms. The smallest absolute Gasteiger partial charge is 0.237 e. The minimum Gasteiger partial charge on any atom is -0.372 e. The van der Waals surface area contributed by atoms with Gasteiger partial charge in [-0.05, 0) is 56.4 Å². The molecule has 3 N–H and O–H groups in total. The van der Waals surface area contributed by atoms with Crippen LogP contribution in [-0.2, 0) is 16.1 Å². The second-order valence-corrected chi connectivity index (χ2v) is 8.54. The minimum atomic E-state index is -0.438. The number of nitrogens with two attached hydrogens (primary N) is 1. The molecule has 0 bridgehead atoms. The van der Waals surface area contributed by atoms with Crippen LogP contribution in [-0.4, -0.2) is 45.4 Å². The third-order valence-corrected chi connectivity index (χ3v) is 6.17. The third-order valence-electron chi connectivity index (χ3n) is 5.21. The molecule has 2 amide bonds. The zero-order valence-electron chi connectivity index (χ0n) is 16.3. The Morgan fingerprint density at radius 2 is 1.83 bits per heavy atom. The van der Waals surface area contributed by atoms with Crippen molar-refractivity contribution in [3.05, 3.63) is 30.1 Å². The Labute approximate surface area is 174 Å². The number of carbonyl (C=O) groups is 2. The second-order valence-electron chi connectivity index (χ2n) is 7.60. The molecule has 1 aliphatic carbocycles. The highest BCUT2D eigenvalue weighted by Gasteiger charge is 2.31. The molecular weight excluding hydrogens is 388 g/mol. The standard InChI is InChI=1S/C20H26N6O2S/c21-17(27)12-26-19(14-4-5-14)23-24-20(26)29-13-18(28)22-15-6-8-16(9-7-15)25-10-2-1-3-11-25/h6-9,14H,1-5,10-13H2,(H2,21,27)(H,22,28). The van der Waals surface area contributed by atoms with Crippen molar-refractivity contribution >= 4 is 35.0 Å². The van der Waals surface area contributed by atoms with Crippen LogP contribution >= 0.6 is 11.8 Å². The number of aromatic nitrogens is 3. The number of carbonyl (C=O) groups excluding carboxylic acids is 2. The van der Waals surface area contributed by atoms with Gasteiger partial charge in [-0.1, -0.05) is 11.8 Å². The number of anilines is 2. The Kier molecular flexibility index (Phi) is 6.03. The topological polar surface area (TPSA) is 106 Å². The van der Waals surface area contributed by atoms with E-state index in [1.165, 1.54) is 36.7 Å². The highest BCUT2D eigenvalue weighted by molar-refractivity contribution is 7.99. The van der Waals surface area contributed by atoms with E-state index in [1.54, 1.807) is 4.57 Å². The first-order valence-corrected chi connectivity index (χ1v) is 11.1. The van der Waals surface area contributed by atoms with Gasteiger partial charge in [0.1, 0.15) is 12.4 Å². The van der Waals surface area contributed by atoms with Crippen molar-refractivity contribution in [2.45, 2.75) is 49.7 Å². The Hall–Kier alpha value is -2.55. The maximum absolute atomic E-state index is 12.4. The van der Waals surface area contributed by atoms with Gasteiger partial charge in [-0.3, -0.25) is 14.2 Å². The van der Waals surface area contributed by atoms with E-state index in [0.717, 1.165) is 37.4 Å². The average molecular weight is 415 g/mol. The number of nitrogens with one attached hydrogen (secondary N) is 1. The molecule has 1 aromatic carbocycles. The Balaban J connectivity index is 1.32. The normalized spacial score (nSPS) is 16.6. The number of rotatable bonds is 8. The lowest BCUT2D eigenvalue weighted by molar-refractivity contribution is -0.118. The van der Waals surface area contributed by atoms with Crippen LogP contribution in [0.5, 0.6) is 0 Å².